The van der Waals surface area contributed by atoms with Crippen LogP contribution in [0.25, 0.3) is 0 Å². The molecule has 2 atom stereocenters. The molecule has 128 valence electrons. The second-order valence-electron chi connectivity index (χ2n) is 6.51. The molecule has 23 heavy (non-hydrogen) atoms. The Kier molecular flexibility index (Phi) is 6.42. The number of hydrogen-bond acceptors (Lipinski definition) is 4. The zero-order valence-corrected chi connectivity index (χ0v) is 14.5. The van der Waals surface area contributed by atoms with Gasteiger partial charge in [-0.05, 0) is 63.5 Å². The van der Waals surface area contributed by atoms with Crippen LogP contribution >= 0.6 is 0 Å². The van der Waals surface area contributed by atoms with Crippen LogP contribution in [-0.2, 0) is 4.79 Å². The zero-order chi connectivity index (χ0) is 16.8. The van der Waals surface area contributed by atoms with Gasteiger partial charge in [0.1, 0.15) is 12.4 Å². The molecule has 0 saturated carbocycles. The Bertz CT molecular complexity index is 525. The highest BCUT2D eigenvalue weighted by Crippen LogP contribution is 2.22. The van der Waals surface area contributed by atoms with E-state index >= 15 is 0 Å². The maximum Gasteiger partial charge on any atom is 0.228 e. The summed E-state index contributed by atoms with van der Waals surface area (Å²) in [6.07, 6.45) is 2.60. The van der Waals surface area contributed by atoms with E-state index in [1.54, 1.807) is 0 Å². The fraction of sp³-hybridized carbons (Fsp3) is 0.611. The topological polar surface area (TPSA) is 67.6 Å². The van der Waals surface area contributed by atoms with Gasteiger partial charge in [0.05, 0.1) is 5.92 Å². The maximum atomic E-state index is 12.0. The fourth-order valence-corrected chi connectivity index (χ4v) is 2.67. The van der Waals surface area contributed by atoms with Gasteiger partial charge in [-0.2, -0.15) is 0 Å². The van der Waals surface area contributed by atoms with Gasteiger partial charge in [-0.3, -0.25) is 9.69 Å². The standard InChI is InChI=1S/C18H29N3O2/c1-13-12-16(20-18(22)14(2)15(3)19)6-7-17(13)23-11-10-21-8-4-5-9-21/h6-7,12,14-15H,4-5,8-11,19H2,1-3H3,(H,20,22). The van der Waals surface area contributed by atoms with E-state index in [1.165, 1.54) is 25.9 Å². The molecule has 5 heteroatoms. The number of rotatable bonds is 7. The van der Waals surface area contributed by atoms with E-state index in [0.29, 0.717) is 6.61 Å². The summed E-state index contributed by atoms with van der Waals surface area (Å²) in [5.74, 6) is 0.608. The fourth-order valence-electron chi connectivity index (χ4n) is 2.67. The Balaban J connectivity index is 1.85. The molecule has 1 aliphatic rings. The molecule has 2 unspecified atom stereocenters. The lowest BCUT2D eigenvalue weighted by Crippen LogP contribution is -2.34. The molecule has 2 rings (SSSR count). The minimum absolute atomic E-state index is 0.0536. The van der Waals surface area contributed by atoms with E-state index in [2.05, 4.69) is 10.2 Å². The molecule has 1 aliphatic heterocycles. The number of ether oxygens (including phenoxy) is 1. The number of carbonyl (C=O) groups excluding carboxylic acids is 1. The normalized spacial score (nSPS) is 17.7. The van der Waals surface area contributed by atoms with Crippen LogP contribution in [0.4, 0.5) is 5.69 Å². The summed E-state index contributed by atoms with van der Waals surface area (Å²) in [6.45, 7) is 9.72. The van der Waals surface area contributed by atoms with Crippen LogP contribution in [0.5, 0.6) is 5.75 Å². The molecule has 1 fully saturated rings. The number of nitrogens with two attached hydrogens (primary N) is 1. The van der Waals surface area contributed by atoms with E-state index in [1.807, 2.05) is 39.0 Å². The Hall–Kier alpha value is -1.59. The highest BCUT2D eigenvalue weighted by molar-refractivity contribution is 5.92. The van der Waals surface area contributed by atoms with Crippen molar-refractivity contribution in [3.8, 4) is 5.75 Å². The molecule has 1 aromatic rings. The summed E-state index contributed by atoms with van der Waals surface area (Å²) >= 11 is 0. The number of amides is 1. The van der Waals surface area contributed by atoms with Gasteiger partial charge in [0.2, 0.25) is 5.91 Å². The van der Waals surface area contributed by atoms with E-state index in [-0.39, 0.29) is 17.9 Å². The van der Waals surface area contributed by atoms with Crippen LogP contribution in [0, 0.1) is 12.8 Å². The second-order valence-corrected chi connectivity index (χ2v) is 6.51. The van der Waals surface area contributed by atoms with Crippen LogP contribution in [0.3, 0.4) is 0 Å². The Morgan fingerprint density at radius 3 is 2.65 bits per heavy atom. The molecule has 0 radical (unpaired) electrons. The van der Waals surface area contributed by atoms with Crippen molar-refractivity contribution in [3.05, 3.63) is 23.8 Å². The molecule has 0 aromatic heterocycles. The highest BCUT2D eigenvalue weighted by atomic mass is 16.5. The van der Waals surface area contributed by atoms with E-state index in [0.717, 1.165) is 23.5 Å². The van der Waals surface area contributed by atoms with Crippen molar-refractivity contribution in [2.75, 3.05) is 31.6 Å². The van der Waals surface area contributed by atoms with Crippen LogP contribution < -0.4 is 15.8 Å². The number of nitrogens with zero attached hydrogens (tertiary/aromatic N) is 1. The van der Waals surface area contributed by atoms with Gasteiger partial charge in [-0.1, -0.05) is 6.92 Å². The number of hydrogen-bond donors (Lipinski definition) is 2. The van der Waals surface area contributed by atoms with E-state index in [4.69, 9.17) is 10.5 Å². The molecule has 5 nitrogen and oxygen atoms in total. The van der Waals surface area contributed by atoms with Crippen LogP contribution in [0.15, 0.2) is 18.2 Å². The molecular formula is C18H29N3O2. The highest BCUT2D eigenvalue weighted by Gasteiger charge is 2.17. The number of benzene rings is 1. The van der Waals surface area contributed by atoms with Crippen molar-refractivity contribution in [2.45, 2.75) is 39.7 Å². The second kappa shape index (κ2) is 8.31. The third kappa shape index (κ3) is 5.22. The molecule has 0 spiro atoms. The minimum atomic E-state index is -0.216. The minimum Gasteiger partial charge on any atom is -0.492 e. The van der Waals surface area contributed by atoms with Crippen molar-refractivity contribution in [2.24, 2.45) is 11.7 Å². The quantitative estimate of drug-likeness (QED) is 0.810. The molecule has 0 bridgehead atoms. The summed E-state index contributed by atoms with van der Waals surface area (Å²) in [6, 6.07) is 5.58. The summed E-state index contributed by atoms with van der Waals surface area (Å²) in [5.41, 5.74) is 7.58. The first-order valence-electron chi connectivity index (χ1n) is 8.49. The average molecular weight is 319 g/mol. The first-order chi connectivity index (χ1) is 11.0. The van der Waals surface area contributed by atoms with Gasteiger partial charge in [0.25, 0.3) is 0 Å². The molecule has 1 amide bonds. The average Bonchev–Trinajstić information content (AvgIpc) is 3.01. The summed E-state index contributed by atoms with van der Waals surface area (Å²) in [5, 5.41) is 2.91. The smallest absolute Gasteiger partial charge is 0.228 e. The van der Waals surface area contributed by atoms with Gasteiger partial charge in [0.15, 0.2) is 0 Å². The third-order valence-electron chi connectivity index (χ3n) is 4.51. The number of aryl methyl sites for hydroxylation is 1. The molecule has 1 saturated heterocycles. The molecular weight excluding hydrogens is 290 g/mol. The first-order valence-corrected chi connectivity index (χ1v) is 8.49. The lowest BCUT2D eigenvalue weighted by Gasteiger charge is -2.17. The molecule has 3 N–H and O–H groups in total. The van der Waals surface area contributed by atoms with Gasteiger partial charge in [-0.25, -0.2) is 0 Å². The van der Waals surface area contributed by atoms with Crippen LogP contribution in [-0.4, -0.2) is 43.1 Å². The number of carbonyl (C=O) groups is 1. The number of likely N-dealkylation sites (tertiary alicyclic amines) is 1. The largest absolute Gasteiger partial charge is 0.492 e. The Morgan fingerprint density at radius 1 is 1.35 bits per heavy atom. The zero-order valence-electron chi connectivity index (χ0n) is 14.5. The van der Waals surface area contributed by atoms with Crippen molar-refractivity contribution in [3.63, 3.8) is 0 Å². The monoisotopic (exact) mass is 319 g/mol. The lowest BCUT2D eigenvalue weighted by atomic mass is 10.0. The number of anilines is 1. The lowest BCUT2D eigenvalue weighted by molar-refractivity contribution is -0.119. The van der Waals surface area contributed by atoms with Crippen molar-refractivity contribution in [1.82, 2.24) is 4.90 Å². The maximum absolute atomic E-state index is 12.0. The SMILES string of the molecule is Cc1cc(NC(=O)C(C)C(C)N)ccc1OCCN1CCCC1. The molecule has 1 heterocycles. The van der Waals surface area contributed by atoms with Gasteiger partial charge < -0.3 is 15.8 Å². The predicted molar refractivity (Wildman–Crippen MR) is 93.8 cm³/mol. The predicted octanol–water partition coefficient (Wildman–Crippen LogP) is 2.39. The van der Waals surface area contributed by atoms with Crippen LogP contribution in [0.2, 0.25) is 0 Å². The Morgan fingerprint density at radius 2 is 2.04 bits per heavy atom. The van der Waals surface area contributed by atoms with Crippen molar-refractivity contribution in [1.29, 1.82) is 0 Å². The van der Waals surface area contributed by atoms with Gasteiger partial charge >= 0.3 is 0 Å². The Labute approximate surface area is 139 Å². The third-order valence-corrected chi connectivity index (χ3v) is 4.51. The molecule has 1 aromatic carbocycles. The van der Waals surface area contributed by atoms with E-state index < -0.39 is 0 Å². The number of nitrogens with one attached hydrogen (secondary N) is 1. The summed E-state index contributed by atoms with van der Waals surface area (Å²) in [4.78, 5) is 14.5. The van der Waals surface area contributed by atoms with E-state index in [9.17, 15) is 4.79 Å². The first kappa shape index (κ1) is 17.8. The van der Waals surface area contributed by atoms with Gasteiger partial charge in [0, 0.05) is 18.3 Å². The van der Waals surface area contributed by atoms with Crippen LogP contribution in [0.1, 0.15) is 32.3 Å². The summed E-state index contributed by atoms with van der Waals surface area (Å²) in [7, 11) is 0. The van der Waals surface area contributed by atoms with Crippen molar-refractivity contribution >= 4 is 11.6 Å². The molecule has 0 aliphatic carbocycles. The van der Waals surface area contributed by atoms with Crippen molar-refractivity contribution < 1.29 is 9.53 Å². The van der Waals surface area contributed by atoms with Gasteiger partial charge in [-0.15, -0.1) is 0 Å². The summed E-state index contributed by atoms with van der Waals surface area (Å²) < 4.78 is 5.87.